The minimum atomic E-state index is -4.50. The van der Waals surface area contributed by atoms with Gasteiger partial charge in [-0.3, -0.25) is 5.32 Å². The first kappa shape index (κ1) is 20.8. The predicted octanol–water partition coefficient (Wildman–Crippen LogP) is 6.66. The van der Waals surface area contributed by atoms with Gasteiger partial charge in [0.2, 0.25) is 0 Å². The van der Waals surface area contributed by atoms with E-state index >= 15 is 0 Å². The van der Waals surface area contributed by atoms with Gasteiger partial charge in [0.1, 0.15) is 11.6 Å². The molecule has 3 aromatic rings. The van der Waals surface area contributed by atoms with Crippen LogP contribution in [0, 0.1) is 11.7 Å². The lowest BCUT2D eigenvalue weighted by Gasteiger charge is -2.25. The van der Waals surface area contributed by atoms with Crippen molar-refractivity contribution in [1.29, 1.82) is 0 Å². The molecule has 0 spiro atoms. The summed E-state index contributed by atoms with van der Waals surface area (Å²) in [6.45, 7) is 0. The topological polar surface area (TPSA) is 54.0 Å². The number of nitrogens with one attached hydrogen (secondary N) is 2. The van der Waals surface area contributed by atoms with Gasteiger partial charge >= 0.3 is 12.2 Å². The number of amides is 2. The zero-order valence-corrected chi connectivity index (χ0v) is 16.3. The molecule has 1 aromatic heterocycles. The van der Waals surface area contributed by atoms with Crippen molar-refractivity contribution in [3.8, 4) is 11.1 Å². The number of nitrogens with zero attached hydrogens (tertiary/aromatic N) is 1. The van der Waals surface area contributed by atoms with Crippen LogP contribution in [-0.2, 0) is 6.18 Å². The second-order valence-corrected chi connectivity index (χ2v) is 7.24. The number of rotatable bonds is 4. The van der Waals surface area contributed by atoms with Gasteiger partial charge in [-0.15, -0.1) is 0 Å². The molecule has 0 unspecified atom stereocenters. The zero-order chi connectivity index (χ0) is 22.0. The average molecular weight is 428 g/mol. The minimum Gasteiger partial charge on any atom is -0.308 e. The van der Waals surface area contributed by atoms with Crippen LogP contribution >= 0.6 is 0 Å². The van der Waals surface area contributed by atoms with Crippen molar-refractivity contribution in [3.63, 3.8) is 0 Å². The van der Waals surface area contributed by atoms with E-state index in [-0.39, 0.29) is 17.3 Å². The van der Waals surface area contributed by atoms with Crippen molar-refractivity contribution < 1.29 is 22.4 Å². The maximum Gasteiger partial charge on any atom is 0.416 e. The fraction of sp³-hybridized carbons (Fsp3) is 0.174. The van der Waals surface area contributed by atoms with Crippen molar-refractivity contribution in [2.75, 3.05) is 10.6 Å². The van der Waals surface area contributed by atoms with E-state index in [4.69, 9.17) is 0 Å². The van der Waals surface area contributed by atoms with Gasteiger partial charge in [0.15, 0.2) is 0 Å². The Balaban J connectivity index is 1.40. The molecular weight excluding hydrogens is 410 g/mol. The fourth-order valence-electron chi connectivity index (χ4n) is 3.29. The molecule has 0 aliphatic heterocycles. The lowest BCUT2D eigenvalue weighted by molar-refractivity contribution is -0.137. The van der Waals surface area contributed by atoms with E-state index in [0.717, 1.165) is 37.3 Å². The zero-order valence-electron chi connectivity index (χ0n) is 16.3. The Morgan fingerprint density at radius 2 is 1.71 bits per heavy atom. The second-order valence-electron chi connectivity index (χ2n) is 7.24. The van der Waals surface area contributed by atoms with Crippen LogP contribution in [0.1, 0.15) is 30.4 Å². The Bertz CT molecular complexity index is 1090. The number of pyridine rings is 1. The van der Waals surface area contributed by atoms with Crippen molar-refractivity contribution in [1.82, 2.24) is 4.98 Å². The van der Waals surface area contributed by atoms with Crippen LogP contribution in [0.4, 0.5) is 33.9 Å². The number of urea groups is 1. The summed E-state index contributed by atoms with van der Waals surface area (Å²) in [6.07, 6.45) is -0.0532. The largest absolute Gasteiger partial charge is 0.416 e. The Morgan fingerprint density at radius 1 is 0.935 bits per heavy atom. The Labute approximate surface area is 176 Å². The van der Waals surface area contributed by atoms with Gasteiger partial charge in [-0.1, -0.05) is 24.6 Å². The van der Waals surface area contributed by atoms with Gasteiger partial charge < -0.3 is 5.32 Å². The molecular formula is C23H18F4N3O. The molecule has 159 valence electrons. The maximum absolute atomic E-state index is 14.4. The first-order chi connectivity index (χ1) is 14.8. The van der Waals surface area contributed by atoms with E-state index in [1.54, 1.807) is 12.1 Å². The molecule has 2 N–H and O–H groups in total. The number of alkyl halides is 3. The lowest BCUT2D eigenvalue weighted by Crippen LogP contribution is -2.20. The van der Waals surface area contributed by atoms with Crippen LogP contribution in [0.25, 0.3) is 11.1 Å². The molecule has 4 nitrogen and oxygen atoms in total. The maximum atomic E-state index is 14.4. The van der Waals surface area contributed by atoms with Crippen LogP contribution in [0.2, 0.25) is 0 Å². The minimum absolute atomic E-state index is 0.00356. The van der Waals surface area contributed by atoms with Gasteiger partial charge in [-0.05, 0) is 60.4 Å². The summed E-state index contributed by atoms with van der Waals surface area (Å²) in [5.41, 5.74) is 1.14. The summed E-state index contributed by atoms with van der Waals surface area (Å²) in [5.74, 6) is 1.07. The first-order valence-corrected chi connectivity index (χ1v) is 9.66. The standard InChI is InChI=1S/C23H18F4N3O/c24-20-11-15(7-9-19(20)14-3-1-4-14)16-8-10-21(28-13-16)30-22(31)29-18-6-2-5-17(12-18)23(25,26)27/h2,5-13H,1,3-4H2,(H2,28,29,30,31). The Morgan fingerprint density at radius 3 is 2.32 bits per heavy atom. The first-order valence-electron chi connectivity index (χ1n) is 9.66. The van der Waals surface area contributed by atoms with E-state index < -0.39 is 17.8 Å². The molecule has 2 aromatic carbocycles. The van der Waals surface area contributed by atoms with Gasteiger partial charge in [0.25, 0.3) is 0 Å². The molecule has 31 heavy (non-hydrogen) atoms. The molecule has 8 heteroatoms. The van der Waals surface area contributed by atoms with Crippen molar-refractivity contribution in [2.45, 2.75) is 25.4 Å². The third-order valence-corrected chi connectivity index (χ3v) is 5.09. The van der Waals surface area contributed by atoms with E-state index in [9.17, 15) is 22.4 Å². The van der Waals surface area contributed by atoms with E-state index in [1.165, 1.54) is 30.5 Å². The smallest absolute Gasteiger partial charge is 0.308 e. The number of carbonyl (C=O) groups excluding carboxylic acids is 1. The van der Waals surface area contributed by atoms with E-state index in [2.05, 4.69) is 15.6 Å². The number of anilines is 2. The summed E-state index contributed by atoms with van der Waals surface area (Å²) < 4.78 is 52.7. The van der Waals surface area contributed by atoms with Crippen molar-refractivity contribution >= 4 is 17.5 Å². The van der Waals surface area contributed by atoms with E-state index in [1.807, 2.05) is 6.07 Å². The van der Waals surface area contributed by atoms with Crippen molar-refractivity contribution in [2.24, 2.45) is 0 Å². The summed E-state index contributed by atoms with van der Waals surface area (Å²) in [5, 5.41) is 4.80. The number of carbonyl (C=O) groups is 1. The molecule has 0 bridgehead atoms. The number of aromatic nitrogens is 1. The molecule has 0 saturated heterocycles. The summed E-state index contributed by atoms with van der Waals surface area (Å²) >= 11 is 0. The summed E-state index contributed by atoms with van der Waals surface area (Å²) in [6, 6.07) is 11.9. The number of hydrogen-bond acceptors (Lipinski definition) is 2. The quantitative estimate of drug-likeness (QED) is 0.457. The van der Waals surface area contributed by atoms with Crippen molar-refractivity contribution in [3.05, 3.63) is 83.7 Å². The monoisotopic (exact) mass is 428 g/mol. The molecule has 1 heterocycles. The predicted molar refractivity (Wildman–Crippen MR) is 110 cm³/mol. The molecule has 1 saturated carbocycles. The van der Waals surface area contributed by atoms with Crippen LogP contribution in [0.3, 0.4) is 0 Å². The second kappa shape index (κ2) is 8.37. The fourth-order valence-corrected chi connectivity index (χ4v) is 3.29. The molecule has 1 fully saturated rings. The molecule has 0 atom stereocenters. The number of halogens is 4. The third-order valence-electron chi connectivity index (χ3n) is 5.09. The molecule has 1 radical (unpaired) electrons. The summed E-state index contributed by atoms with van der Waals surface area (Å²) in [7, 11) is 0. The molecule has 1 aliphatic carbocycles. The Kier molecular flexibility index (Phi) is 5.63. The highest BCUT2D eigenvalue weighted by Gasteiger charge is 2.30. The van der Waals surface area contributed by atoms with Gasteiger partial charge in [-0.25, -0.2) is 14.2 Å². The van der Waals surface area contributed by atoms with Crippen LogP contribution < -0.4 is 10.6 Å². The van der Waals surface area contributed by atoms with Gasteiger partial charge in [0.05, 0.1) is 5.56 Å². The van der Waals surface area contributed by atoms with E-state index in [0.29, 0.717) is 16.7 Å². The molecule has 1 aliphatic rings. The van der Waals surface area contributed by atoms with Gasteiger partial charge in [0, 0.05) is 23.4 Å². The van der Waals surface area contributed by atoms with Gasteiger partial charge in [-0.2, -0.15) is 13.2 Å². The Hall–Kier alpha value is -3.42. The average Bonchev–Trinajstić information content (AvgIpc) is 2.68. The van der Waals surface area contributed by atoms with Crippen LogP contribution in [0.5, 0.6) is 0 Å². The molecule has 4 rings (SSSR count). The highest BCUT2D eigenvalue weighted by Crippen LogP contribution is 2.37. The normalized spacial score (nSPS) is 14.1. The summed E-state index contributed by atoms with van der Waals surface area (Å²) in [4.78, 5) is 16.2. The highest BCUT2D eigenvalue weighted by atomic mass is 19.4. The van der Waals surface area contributed by atoms with Crippen LogP contribution in [0.15, 0.2) is 60.8 Å². The molecule has 2 amide bonds. The lowest BCUT2D eigenvalue weighted by atomic mass is 9.79. The third kappa shape index (κ3) is 4.84. The highest BCUT2D eigenvalue weighted by molar-refractivity contribution is 5.99. The number of benzene rings is 2. The number of hydrogen-bond donors (Lipinski definition) is 2. The SMILES string of the molecule is O=C(Nc1cccc(C(F)(F)F)c1)Nc1ccc(-c2ccc([C]3CCC3)c(F)c2)cn1. The van der Waals surface area contributed by atoms with Crippen LogP contribution in [-0.4, -0.2) is 11.0 Å².